The van der Waals surface area contributed by atoms with Crippen molar-refractivity contribution in [1.82, 2.24) is 4.90 Å². The highest BCUT2D eigenvalue weighted by atomic mass is 16.5. The van der Waals surface area contributed by atoms with Gasteiger partial charge in [0.25, 0.3) is 0 Å². The number of benzene rings is 1. The van der Waals surface area contributed by atoms with Crippen LogP contribution in [0.3, 0.4) is 0 Å². The molecule has 0 atom stereocenters. The molecule has 1 aromatic carbocycles. The summed E-state index contributed by atoms with van der Waals surface area (Å²) in [6.45, 7) is 0.613. The van der Waals surface area contributed by atoms with Crippen LogP contribution in [-0.4, -0.2) is 48.5 Å². The molecule has 0 unspecified atom stereocenters. The van der Waals surface area contributed by atoms with Gasteiger partial charge in [-0.25, -0.2) is 0 Å². The van der Waals surface area contributed by atoms with E-state index in [1.54, 1.807) is 7.11 Å². The van der Waals surface area contributed by atoms with E-state index in [2.05, 4.69) is 0 Å². The smallest absolute Gasteiger partial charge is 0.118 e. The van der Waals surface area contributed by atoms with Crippen LogP contribution in [0.25, 0.3) is 0 Å². The van der Waals surface area contributed by atoms with Gasteiger partial charge in [0.15, 0.2) is 0 Å². The number of aliphatic hydroxyl groups is 2. The summed E-state index contributed by atoms with van der Waals surface area (Å²) in [7, 11) is 3.51. The summed E-state index contributed by atoms with van der Waals surface area (Å²) >= 11 is 0. The molecule has 0 bridgehead atoms. The van der Waals surface area contributed by atoms with Crippen LogP contribution in [0.2, 0.25) is 0 Å². The highest BCUT2D eigenvalue weighted by molar-refractivity contribution is 5.27. The zero-order valence-corrected chi connectivity index (χ0v) is 9.76. The van der Waals surface area contributed by atoms with Gasteiger partial charge in [-0.15, -0.1) is 0 Å². The molecule has 0 saturated carbocycles. The molecular weight excluding hydrogens is 206 g/mol. The number of hydrogen-bond donors (Lipinski definition) is 2. The number of ether oxygens (including phenoxy) is 1. The van der Waals surface area contributed by atoms with Crippen LogP contribution in [0.5, 0.6) is 5.75 Å². The lowest BCUT2D eigenvalue weighted by molar-refractivity contribution is 0.0873. The second-order valence-corrected chi connectivity index (χ2v) is 3.78. The molecule has 4 heteroatoms. The van der Waals surface area contributed by atoms with Gasteiger partial charge in [-0.05, 0) is 24.7 Å². The number of rotatable bonds is 6. The van der Waals surface area contributed by atoms with E-state index in [1.165, 1.54) is 0 Å². The van der Waals surface area contributed by atoms with Gasteiger partial charge in [0.1, 0.15) is 5.75 Å². The van der Waals surface area contributed by atoms with Crippen LogP contribution >= 0.6 is 0 Å². The third-order valence-electron chi connectivity index (χ3n) is 2.64. The highest BCUT2D eigenvalue weighted by Crippen LogP contribution is 2.13. The number of hydrogen-bond acceptors (Lipinski definition) is 4. The Kier molecular flexibility index (Phi) is 5.25. The van der Waals surface area contributed by atoms with Crippen molar-refractivity contribution in [3.63, 3.8) is 0 Å². The molecule has 0 amide bonds. The molecule has 0 aliphatic rings. The molecular formula is C12H19NO3. The second kappa shape index (κ2) is 6.48. The van der Waals surface area contributed by atoms with Crippen molar-refractivity contribution in [2.24, 2.45) is 0 Å². The molecule has 1 aromatic rings. The Morgan fingerprint density at radius 1 is 1.19 bits per heavy atom. The monoisotopic (exact) mass is 225 g/mol. The van der Waals surface area contributed by atoms with Gasteiger partial charge in [-0.3, -0.25) is 4.90 Å². The fraction of sp³-hybridized carbons (Fsp3) is 0.500. The molecule has 2 N–H and O–H groups in total. The minimum absolute atomic E-state index is 0.0385. The summed E-state index contributed by atoms with van der Waals surface area (Å²) in [6, 6.07) is 7.54. The van der Waals surface area contributed by atoms with Crippen molar-refractivity contribution in [3.8, 4) is 5.75 Å². The first kappa shape index (κ1) is 13.0. The molecule has 0 aliphatic carbocycles. The molecule has 0 spiro atoms. The van der Waals surface area contributed by atoms with Crippen LogP contribution in [-0.2, 0) is 6.54 Å². The van der Waals surface area contributed by atoms with Crippen molar-refractivity contribution >= 4 is 0 Å². The first-order chi connectivity index (χ1) is 7.71. The molecule has 0 aliphatic heterocycles. The summed E-state index contributed by atoms with van der Waals surface area (Å²) < 4.78 is 5.07. The predicted octanol–water partition coefficient (Wildman–Crippen LogP) is 0.480. The van der Waals surface area contributed by atoms with Gasteiger partial charge in [-0.2, -0.15) is 0 Å². The average Bonchev–Trinajstić information content (AvgIpc) is 2.31. The maximum Gasteiger partial charge on any atom is 0.118 e. The van der Waals surface area contributed by atoms with E-state index >= 15 is 0 Å². The molecule has 0 fully saturated rings. The van der Waals surface area contributed by atoms with E-state index in [4.69, 9.17) is 14.9 Å². The topological polar surface area (TPSA) is 52.9 Å². The number of methoxy groups -OCH3 is 1. The van der Waals surface area contributed by atoms with Gasteiger partial charge in [0.2, 0.25) is 0 Å². The molecule has 0 aromatic heterocycles. The number of likely N-dealkylation sites (N-methyl/N-ethyl adjacent to an activating group) is 1. The summed E-state index contributed by atoms with van der Waals surface area (Å²) in [4.78, 5) is 1.92. The lowest BCUT2D eigenvalue weighted by atomic mass is 10.2. The molecule has 90 valence electrons. The van der Waals surface area contributed by atoms with E-state index in [-0.39, 0.29) is 19.3 Å². The van der Waals surface area contributed by atoms with Crippen LogP contribution in [0.4, 0.5) is 0 Å². The maximum absolute atomic E-state index is 9.03. The van der Waals surface area contributed by atoms with Crippen molar-refractivity contribution in [1.29, 1.82) is 0 Å². The summed E-state index contributed by atoms with van der Waals surface area (Å²) in [5.41, 5.74) is 1.12. The molecule has 0 heterocycles. The Labute approximate surface area is 96.1 Å². The zero-order valence-electron chi connectivity index (χ0n) is 9.76. The molecule has 4 nitrogen and oxygen atoms in total. The van der Waals surface area contributed by atoms with Crippen molar-refractivity contribution in [2.45, 2.75) is 12.6 Å². The van der Waals surface area contributed by atoms with Gasteiger partial charge in [0, 0.05) is 6.54 Å². The first-order valence-corrected chi connectivity index (χ1v) is 5.26. The predicted molar refractivity (Wildman–Crippen MR) is 62.4 cm³/mol. The average molecular weight is 225 g/mol. The SMILES string of the molecule is COc1ccc(CN(C)C(CO)CO)cc1. The lowest BCUT2D eigenvalue weighted by Crippen LogP contribution is -2.37. The van der Waals surface area contributed by atoms with Gasteiger partial charge in [0.05, 0.1) is 26.4 Å². The van der Waals surface area contributed by atoms with Gasteiger partial charge >= 0.3 is 0 Å². The van der Waals surface area contributed by atoms with Gasteiger partial charge in [-0.1, -0.05) is 12.1 Å². The van der Waals surface area contributed by atoms with E-state index < -0.39 is 0 Å². The van der Waals surface area contributed by atoms with Crippen molar-refractivity contribution < 1.29 is 14.9 Å². The second-order valence-electron chi connectivity index (χ2n) is 3.78. The Hall–Kier alpha value is -1.10. The van der Waals surface area contributed by atoms with Crippen LogP contribution in [0.15, 0.2) is 24.3 Å². The standard InChI is InChI=1S/C12H19NO3/c1-13(11(8-14)9-15)7-10-3-5-12(16-2)6-4-10/h3-6,11,14-15H,7-9H2,1-2H3. The quantitative estimate of drug-likeness (QED) is 0.739. The van der Waals surface area contributed by atoms with Crippen LogP contribution in [0.1, 0.15) is 5.56 Å². The Morgan fingerprint density at radius 2 is 1.75 bits per heavy atom. The van der Waals surface area contributed by atoms with Crippen molar-refractivity contribution in [3.05, 3.63) is 29.8 Å². The Bertz CT molecular complexity index is 296. The molecule has 0 radical (unpaired) electrons. The van der Waals surface area contributed by atoms with Crippen LogP contribution < -0.4 is 4.74 Å². The zero-order chi connectivity index (χ0) is 12.0. The fourth-order valence-corrected chi connectivity index (χ4v) is 1.48. The van der Waals surface area contributed by atoms with E-state index in [1.807, 2.05) is 36.2 Å². The third kappa shape index (κ3) is 3.48. The molecule has 1 rings (SSSR count). The molecule has 16 heavy (non-hydrogen) atoms. The molecule has 0 saturated heterocycles. The minimum atomic E-state index is -0.206. The maximum atomic E-state index is 9.03. The van der Waals surface area contributed by atoms with E-state index in [9.17, 15) is 0 Å². The number of nitrogens with zero attached hydrogens (tertiary/aromatic N) is 1. The summed E-state index contributed by atoms with van der Waals surface area (Å²) in [5.74, 6) is 0.826. The largest absolute Gasteiger partial charge is 0.497 e. The van der Waals surface area contributed by atoms with E-state index in [0.29, 0.717) is 6.54 Å². The normalized spacial score (nSPS) is 11.1. The van der Waals surface area contributed by atoms with E-state index in [0.717, 1.165) is 11.3 Å². The fourth-order valence-electron chi connectivity index (χ4n) is 1.48. The third-order valence-corrected chi connectivity index (χ3v) is 2.64. The Balaban J connectivity index is 2.58. The minimum Gasteiger partial charge on any atom is -0.497 e. The Morgan fingerprint density at radius 3 is 2.19 bits per heavy atom. The van der Waals surface area contributed by atoms with Gasteiger partial charge < -0.3 is 14.9 Å². The lowest BCUT2D eigenvalue weighted by Gasteiger charge is -2.24. The van der Waals surface area contributed by atoms with Crippen LogP contribution in [0, 0.1) is 0 Å². The number of aliphatic hydroxyl groups excluding tert-OH is 2. The summed E-state index contributed by atoms with van der Waals surface area (Å²) in [6.07, 6.45) is 0. The first-order valence-electron chi connectivity index (χ1n) is 5.26. The van der Waals surface area contributed by atoms with Crippen molar-refractivity contribution in [2.75, 3.05) is 27.4 Å². The highest BCUT2D eigenvalue weighted by Gasteiger charge is 2.12. The summed E-state index contributed by atoms with van der Waals surface area (Å²) in [5, 5.41) is 18.1.